The fraction of sp³-hybridized carbons (Fsp3) is 0.567. The lowest BCUT2D eigenvalue weighted by molar-refractivity contribution is -0.0722. The van der Waals surface area contributed by atoms with Crippen molar-refractivity contribution >= 4 is 15.9 Å². The van der Waals surface area contributed by atoms with Crippen LogP contribution in [-0.2, 0) is 32.3 Å². The van der Waals surface area contributed by atoms with Crippen molar-refractivity contribution in [2.24, 2.45) is 5.92 Å². The van der Waals surface area contributed by atoms with Gasteiger partial charge in [-0.05, 0) is 63.5 Å². The topological polar surface area (TPSA) is 114 Å². The maximum absolute atomic E-state index is 12.7. The van der Waals surface area contributed by atoms with Crippen LogP contribution in [0.1, 0.15) is 58.6 Å². The Hall–Kier alpha value is -2.46. The van der Waals surface area contributed by atoms with Crippen molar-refractivity contribution in [3.8, 4) is 0 Å². The average Bonchev–Trinajstić information content (AvgIpc) is 3.15. The van der Waals surface area contributed by atoms with Crippen LogP contribution in [0.15, 0.2) is 60.7 Å². The highest BCUT2D eigenvalue weighted by Crippen LogP contribution is 2.29. The molecule has 3 rings (SSSR count). The summed E-state index contributed by atoms with van der Waals surface area (Å²) in [5, 5.41) is 13.8. The Morgan fingerprint density at radius 3 is 2.10 bits per heavy atom. The van der Waals surface area contributed by atoms with Crippen molar-refractivity contribution in [1.82, 2.24) is 10.8 Å². The minimum atomic E-state index is -3.23. The Morgan fingerprint density at radius 1 is 1.00 bits per heavy atom. The number of aliphatic hydroxyl groups excluding tert-OH is 1. The first-order valence-corrected chi connectivity index (χ1v) is 15.4. The summed E-state index contributed by atoms with van der Waals surface area (Å²) >= 11 is 0. The van der Waals surface area contributed by atoms with Gasteiger partial charge >= 0.3 is 6.09 Å². The van der Waals surface area contributed by atoms with Gasteiger partial charge in [-0.1, -0.05) is 74.5 Å². The molecule has 9 heteroatoms. The average molecular weight is 561 g/mol. The van der Waals surface area contributed by atoms with Crippen LogP contribution in [-0.4, -0.2) is 60.5 Å². The zero-order chi connectivity index (χ0) is 28.6. The molecule has 5 atom stereocenters. The largest absolute Gasteiger partial charge is 0.444 e. The Balaban J connectivity index is 1.77. The molecular weight excluding hydrogens is 516 g/mol. The molecule has 0 unspecified atom stereocenters. The minimum Gasteiger partial charge on any atom is -0.444 e. The number of rotatable bonds is 12. The van der Waals surface area contributed by atoms with Gasteiger partial charge in [0.2, 0.25) is 0 Å². The predicted molar refractivity (Wildman–Crippen MR) is 153 cm³/mol. The molecule has 0 bridgehead atoms. The minimum absolute atomic E-state index is 0.0879. The molecule has 1 amide bonds. The highest BCUT2D eigenvalue weighted by atomic mass is 32.2. The lowest BCUT2D eigenvalue weighted by Crippen LogP contribution is -2.49. The number of alkyl carbamates (subject to hydrolysis) is 1. The predicted octanol–water partition coefficient (Wildman–Crippen LogP) is 4.22. The molecule has 8 nitrogen and oxygen atoms in total. The van der Waals surface area contributed by atoms with Crippen LogP contribution in [0.2, 0.25) is 0 Å². The first kappa shape index (κ1) is 31.1. The van der Waals surface area contributed by atoms with Crippen molar-refractivity contribution in [3.05, 3.63) is 71.8 Å². The van der Waals surface area contributed by atoms with Crippen LogP contribution in [0.4, 0.5) is 4.79 Å². The third-order valence-corrected chi connectivity index (χ3v) is 9.31. The molecule has 1 fully saturated rings. The van der Waals surface area contributed by atoms with Gasteiger partial charge in [-0.25, -0.2) is 13.2 Å². The molecule has 1 heterocycles. The van der Waals surface area contributed by atoms with E-state index in [0.717, 1.165) is 11.1 Å². The van der Waals surface area contributed by atoms with E-state index >= 15 is 0 Å². The number of nitrogens with one attached hydrogen (secondary N) is 2. The second kappa shape index (κ2) is 13.7. The van der Waals surface area contributed by atoms with Gasteiger partial charge in [0.25, 0.3) is 0 Å². The molecule has 1 aliphatic rings. The fourth-order valence-electron chi connectivity index (χ4n) is 5.10. The van der Waals surface area contributed by atoms with E-state index in [1.54, 1.807) is 20.8 Å². The molecule has 1 aliphatic heterocycles. The zero-order valence-corrected chi connectivity index (χ0v) is 24.5. The highest BCUT2D eigenvalue weighted by molar-refractivity contribution is 7.92. The second-order valence-corrected chi connectivity index (χ2v) is 14.0. The van der Waals surface area contributed by atoms with Gasteiger partial charge < -0.3 is 15.2 Å². The van der Waals surface area contributed by atoms with Crippen LogP contribution in [0.3, 0.4) is 0 Å². The third-order valence-electron chi connectivity index (χ3n) is 6.83. The highest BCUT2D eigenvalue weighted by Gasteiger charge is 2.43. The van der Waals surface area contributed by atoms with Crippen LogP contribution < -0.4 is 10.8 Å². The third kappa shape index (κ3) is 9.90. The number of aliphatic hydroxyl groups is 1. The van der Waals surface area contributed by atoms with Gasteiger partial charge in [0.1, 0.15) is 5.60 Å². The van der Waals surface area contributed by atoms with E-state index in [9.17, 15) is 18.3 Å². The molecule has 1 saturated heterocycles. The monoisotopic (exact) mass is 560 g/mol. The summed E-state index contributed by atoms with van der Waals surface area (Å²) in [6.45, 7) is 9.18. The van der Waals surface area contributed by atoms with Gasteiger partial charge in [-0.15, -0.1) is 0 Å². The van der Waals surface area contributed by atoms with Crippen LogP contribution in [0.25, 0.3) is 0 Å². The first-order chi connectivity index (χ1) is 18.3. The number of hydroxylamine groups is 1. The smallest absolute Gasteiger partial charge is 0.407 e. The number of benzene rings is 2. The standard InChI is InChI=1S/C30H44N2O6S/c1-21(2)28-27(16-17-39(28,35)36)38-32-25(19-23-14-10-7-11-15-23)26(33)20-24(18-22-12-8-6-9-13-22)31-29(34)37-30(3,4)5/h6-15,21,24-28,32-33H,16-20H2,1-5H3,(H,31,34)/t24-,25-,26-,27-,28-/m0/s1. The normalized spacial score (nSPS) is 21.3. The lowest BCUT2D eigenvalue weighted by Gasteiger charge is -2.31. The van der Waals surface area contributed by atoms with E-state index in [4.69, 9.17) is 9.57 Å². The van der Waals surface area contributed by atoms with Gasteiger partial charge in [0.05, 0.1) is 29.3 Å². The molecule has 2 aromatic carbocycles. The molecular formula is C30H44N2O6S. The quantitative estimate of drug-likeness (QED) is 0.333. The molecule has 0 aromatic heterocycles. The van der Waals surface area contributed by atoms with Crippen molar-refractivity contribution in [3.63, 3.8) is 0 Å². The zero-order valence-electron chi connectivity index (χ0n) is 23.7. The molecule has 2 aromatic rings. The van der Waals surface area contributed by atoms with Gasteiger partial charge in [-0.2, -0.15) is 5.48 Å². The lowest BCUT2D eigenvalue weighted by atomic mass is 9.94. The number of hydrogen-bond donors (Lipinski definition) is 3. The maximum atomic E-state index is 12.7. The summed E-state index contributed by atoms with van der Waals surface area (Å²) in [6, 6.07) is 18.5. The molecule has 39 heavy (non-hydrogen) atoms. The van der Waals surface area contributed by atoms with Crippen LogP contribution in [0, 0.1) is 5.92 Å². The molecule has 0 radical (unpaired) electrons. The Morgan fingerprint density at radius 2 is 1.56 bits per heavy atom. The number of ether oxygens (including phenoxy) is 1. The Kier molecular flexibility index (Phi) is 11.0. The summed E-state index contributed by atoms with van der Waals surface area (Å²) in [4.78, 5) is 18.7. The Bertz CT molecular complexity index is 1140. The van der Waals surface area contributed by atoms with E-state index in [-0.39, 0.29) is 18.1 Å². The second-order valence-electron chi connectivity index (χ2n) is 11.8. The molecule has 0 spiro atoms. The van der Waals surface area contributed by atoms with Crippen molar-refractivity contribution in [2.45, 2.75) is 95.4 Å². The summed E-state index contributed by atoms with van der Waals surface area (Å²) in [7, 11) is -3.23. The summed E-state index contributed by atoms with van der Waals surface area (Å²) in [5.74, 6) is 0.00244. The summed E-state index contributed by atoms with van der Waals surface area (Å²) < 4.78 is 30.7. The summed E-state index contributed by atoms with van der Waals surface area (Å²) in [5.41, 5.74) is 4.40. The fourth-order valence-corrected chi connectivity index (χ4v) is 7.42. The van der Waals surface area contributed by atoms with Crippen molar-refractivity contribution in [1.29, 1.82) is 0 Å². The maximum Gasteiger partial charge on any atom is 0.407 e. The SMILES string of the molecule is CC(C)[C@H]1[C@@H](ON[C@@H](Cc2ccccc2)[C@@H](O)C[C@H](Cc2ccccc2)NC(=O)OC(C)(C)C)CCS1(=O)=O. The number of sulfone groups is 1. The molecule has 3 N–H and O–H groups in total. The first-order valence-electron chi connectivity index (χ1n) is 13.7. The van der Waals surface area contributed by atoms with Gasteiger partial charge in [0.15, 0.2) is 9.84 Å². The number of carbonyl (C=O) groups is 1. The van der Waals surface area contributed by atoms with Gasteiger partial charge in [-0.3, -0.25) is 4.84 Å². The van der Waals surface area contributed by atoms with Crippen LogP contribution in [0.5, 0.6) is 0 Å². The Labute approximate surface area is 233 Å². The molecule has 216 valence electrons. The van der Waals surface area contributed by atoms with Crippen LogP contribution >= 0.6 is 0 Å². The van der Waals surface area contributed by atoms with E-state index in [1.165, 1.54) is 0 Å². The molecule has 0 saturated carbocycles. The number of carbonyl (C=O) groups excluding carboxylic acids is 1. The van der Waals surface area contributed by atoms with Crippen molar-refractivity contribution < 1.29 is 27.9 Å². The number of hydrogen-bond acceptors (Lipinski definition) is 7. The van der Waals surface area contributed by atoms with E-state index in [1.807, 2.05) is 74.5 Å². The van der Waals surface area contributed by atoms with E-state index in [2.05, 4.69) is 10.8 Å². The van der Waals surface area contributed by atoms with Gasteiger partial charge in [0, 0.05) is 6.04 Å². The number of amides is 1. The summed E-state index contributed by atoms with van der Waals surface area (Å²) in [6.07, 6.45) is -0.355. The van der Waals surface area contributed by atoms with E-state index < -0.39 is 51.1 Å². The van der Waals surface area contributed by atoms with Crippen molar-refractivity contribution in [2.75, 3.05) is 5.75 Å². The molecule has 0 aliphatic carbocycles. The van der Waals surface area contributed by atoms with E-state index in [0.29, 0.717) is 19.3 Å².